The Morgan fingerprint density at radius 3 is 2.30 bits per heavy atom. The molecular weight excluding hydrogens is 288 g/mol. The number of ether oxygens (including phenoxy) is 1. The number of carboxylic acid groups (broad SMARTS) is 1. The van der Waals surface area contributed by atoms with Gasteiger partial charge in [0, 0.05) is 6.42 Å². The lowest BCUT2D eigenvalue weighted by Crippen LogP contribution is -2.29. The van der Waals surface area contributed by atoms with E-state index in [1.807, 2.05) is 55.5 Å². The fourth-order valence-corrected chi connectivity index (χ4v) is 2.43. The van der Waals surface area contributed by atoms with Crippen LogP contribution in [0.3, 0.4) is 0 Å². The van der Waals surface area contributed by atoms with Crippen molar-refractivity contribution >= 4 is 5.97 Å². The van der Waals surface area contributed by atoms with E-state index in [1.54, 1.807) is 0 Å². The Hall–Kier alpha value is -2.29. The highest BCUT2D eigenvalue weighted by Crippen LogP contribution is 2.25. The fourth-order valence-electron chi connectivity index (χ4n) is 2.43. The first-order valence-corrected chi connectivity index (χ1v) is 7.81. The summed E-state index contributed by atoms with van der Waals surface area (Å²) in [5, 5.41) is 9.42. The lowest BCUT2D eigenvalue weighted by atomic mass is 9.87. The number of carbonyl (C=O) groups is 1. The molecule has 1 unspecified atom stereocenters. The van der Waals surface area contributed by atoms with E-state index < -0.39 is 12.1 Å². The van der Waals surface area contributed by atoms with E-state index in [9.17, 15) is 9.90 Å². The predicted molar refractivity (Wildman–Crippen MR) is 92.1 cm³/mol. The summed E-state index contributed by atoms with van der Waals surface area (Å²) in [6.07, 6.45) is -0.546. The van der Waals surface area contributed by atoms with E-state index in [-0.39, 0.29) is 5.41 Å². The van der Waals surface area contributed by atoms with Gasteiger partial charge in [0.05, 0.1) is 0 Å². The second kappa shape index (κ2) is 6.86. The topological polar surface area (TPSA) is 46.5 Å². The molecule has 0 heterocycles. The number of rotatable bonds is 5. The molecule has 0 amide bonds. The number of aryl methyl sites for hydroxylation is 1. The van der Waals surface area contributed by atoms with Crippen molar-refractivity contribution in [3.05, 3.63) is 65.2 Å². The first kappa shape index (κ1) is 17.1. The molecule has 0 aliphatic carbocycles. The van der Waals surface area contributed by atoms with Gasteiger partial charge in [-0.25, -0.2) is 4.79 Å². The lowest BCUT2D eigenvalue weighted by Gasteiger charge is -2.20. The number of benzene rings is 2. The van der Waals surface area contributed by atoms with Crippen LogP contribution in [-0.4, -0.2) is 17.2 Å². The maximum atomic E-state index is 11.5. The first-order valence-electron chi connectivity index (χ1n) is 7.81. The SMILES string of the molecule is Cc1cccc(CC(Oc2ccc(C(C)(C)C)cc2)C(=O)O)c1. The van der Waals surface area contributed by atoms with Gasteiger partial charge < -0.3 is 9.84 Å². The number of aliphatic carboxylic acids is 1. The molecule has 0 saturated carbocycles. The number of carboxylic acids is 1. The van der Waals surface area contributed by atoms with Gasteiger partial charge in [-0.2, -0.15) is 0 Å². The molecule has 1 atom stereocenters. The molecule has 1 N–H and O–H groups in total. The van der Waals surface area contributed by atoms with Crippen molar-refractivity contribution in [1.82, 2.24) is 0 Å². The normalized spacial score (nSPS) is 12.7. The highest BCUT2D eigenvalue weighted by atomic mass is 16.5. The molecule has 23 heavy (non-hydrogen) atoms. The lowest BCUT2D eigenvalue weighted by molar-refractivity contribution is -0.145. The van der Waals surface area contributed by atoms with Crippen molar-refractivity contribution in [2.24, 2.45) is 0 Å². The summed E-state index contributed by atoms with van der Waals surface area (Å²) in [6.45, 7) is 8.41. The Bertz CT molecular complexity index is 666. The summed E-state index contributed by atoms with van der Waals surface area (Å²) in [6, 6.07) is 15.5. The van der Waals surface area contributed by atoms with Gasteiger partial charge in [-0.3, -0.25) is 0 Å². The second-order valence-electron chi connectivity index (χ2n) is 6.91. The molecule has 2 aromatic carbocycles. The van der Waals surface area contributed by atoms with E-state index in [1.165, 1.54) is 5.56 Å². The van der Waals surface area contributed by atoms with E-state index >= 15 is 0 Å². The van der Waals surface area contributed by atoms with Crippen LogP contribution >= 0.6 is 0 Å². The molecule has 122 valence electrons. The quantitative estimate of drug-likeness (QED) is 0.892. The first-order chi connectivity index (χ1) is 10.8. The van der Waals surface area contributed by atoms with Gasteiger partial charge >= 0.3 is 5.97 Å². The van der Waals surface area contributed by atoms with Gasteiger partial charge in [0.2, 0.25) is 0 Å². The molecular formula is C20H24O3. The average molecular weight is 312 g/mol. The standard InChI is InChI=1S/C20H24O3/c1-14-6-5-7-15(12-14)13-18(19(21)22)23-17-10-8-16(9-11-17)20(2,3)4/h5-12,18H,13H2,1-4H3,(H,21,22). The van der Waals surface area contributed by atoms with E-state index in [2.05, 4.69) is 20.8 Å². The molecule has 3 nitrogen and oxygen atoms in total. The Labute approximate surface area is 137 Å². The van der Waals surface area contributed by atoms with Crippen LogP contribution in [0.25, 0.3) is 0 Å². The van der Waals surface area contributed by atoms with Crippen molar-refractivity contribution in [2.45, 2.75) is 45.6 Å². The van der Waals surface area contributed by atoms with Gasteiger partial charge in [0.25, 0.3) is 0 Å². The minimum Gasteiger partial charge on any atom is -0.478 e. The van der Waals surface area contributed by atoms with Gasteiger partial charge in [0.1, 0.15) is 5.75 Å². The Morgan fingerprint density at radius 1 is 1.13 bits per heavy atom. The zero-order valence-electron chi connectivity index (χ0n) is 14.2. The molecule has 2 aromatic rings. The van der Waals surface area contributed by atoms with Crippen LogP contribution in [0.5, 0.6) is 5.75 Å². The van der Waals surface area contributed by atoms with Gasteiger partial charge in [-0.1, -0.05) is 62.7 Å². The zero-order chi connectivity index (χ0) is 17.0. The van der Waals surface area contributed by atoms with Crippen LogP contribution in [0, 0.1) is 6.92 Å². The van der Waals surface area contributed by atoms with Crippen LogP contribution in [0.15, 0.2) is 48.5 Å². The van der Waals surface area contributed by atoms with E-state index in [4.69, 9.17) is 4.74 Å². The third-order valence-electron chi connectivity index (χ3n) is 3.78. The van der Waals surface area contributed by atoms with Crippen LogP contribution in [0.4, 0.5) is 0 Å². The molecule has 0 aromatic heterocycles. The van der Waals surface area contributed by atoms with Crippen molar-refractivity contribution in [2.75, 3.05) is 0 Å². The van der Waals surface area contributed by atoms with Gasteiger partial charge in [0.15, 0.2) is 6.10 Å². The third kappa shape index (κ3) is 4.85. The highest BCUT2D eigenvalue weighted by Gasteiger charge is 2.21. The summed E-state index contributed by atoms with van der Waals surface area (Å²) >= 11 is 0. The van der Waals surface area contributed by atoms with Crippen LogP contribution < -0.4 is 4.74 Å². The summed E-state index contributed by atoms with van der Waals surface area (Å²) in [7, 11) is 0. The zero-order valence-corrected chi connectivity index (χ0v) is 14.2. The smallest absolute Gasteiger partial charge is 0.345 e. The summed E-state index contributed by atoms with van der Waals surface area (Å²) < 4.78 is 5.69. The molecule has 0 fully saturated rings. The predicted octanol–water partition coefficient (Wildman–Crippen LogP) is 4.37. The summed E-state index contributed by atoms with van der Waals surface area (Å²) in [4.78, 5) is 11.5. The molecule has 0 saturated heterocycles. The van der Waals surface area contributed by atoms with Gasteiger partial charge in [-0.05, 0) is 35.6 Å². The summed E-state index contributed by atoms with van der Waals surface area (Å²) in [5.74, 6) is -0.371. The van der Waals surface area contributed by atoms with Crippen molar-refractivity contribution in [3.63, 3.8) is 0 Å². The van der Waals surface area contributed by atoms with E-state index in [0.29, 0.717) is 12.2 Å². The fraction of sp³-hybridized carbons (Fsp3) is 0.350. The molecule has 0 aliphatic rings. The van der Waals surface area contributed by atoms with Crippen LogP contribution in [-0.2, 0) is 16.6 Å². The molecule has 2 rings (SSSR count). The number of hydrogen-bond acceptors (Lipinski definition) is 2. The van der Waals surface area contributed by atoms with Crippen molar-refractivity contribution < 1.29 is 14.6 Å². The highest BCUT2D eigenvalue weighted by molar-refractivity contribution is 5.73. The van der Waals surface area contributed by atoms with E-state index in [0.717, 1.165) is 11.1 Å². The Kier molecular flexibility index (Phi) is 5.09. The molecule has 3 heteroatoms. The maximum Gasteiger partial charge on any atom is 0.345 e. The summed E-state index contributed by atoms with van der Waals surface area (Å²) in [5.41, 5.74) is 3.33. The third-order valence-corrected chi connectivity index (χ3v) is 3.78. The minimum atomic E-state index is -0.952. The Morgan fingerprint density at radius 2 is 1.78 bits per heavy atom. The monoisotopic (exact) mass is 312 g/mol. The minimum absolute atomic E-state index is 0.0618. The van der Waals surface area contributed by atoms with Crippen LogP contribution in [0.2, 0.25) is 0 Å². The molecule has 0 radical (unpaired) electrons. The molecule has 0 bridgehead atoms. The maximum absolute atomic E-state index is 11.5. The Balaban J connectivity index is 2.12. The van der Waals surface area contributed by atoms with Crippen molar-refractivity contribution in [3.8, 4) is 5.75 Å². The molecule has 0 spiro atoms. The van der Waals surface area contributed by atoms with Gasteiger partial charge in [-0.15, -0.1) is 0 Å². The number of hydrogen-bond donors (Lipinski definition) is 1. The largest absolute Gasteiger partial charge is 0.478 e. The van der Waals surface area contributed by atoms with Crippen LogP contribution in [0.1, 0.15) is 37.5 Å². The molecule has 0 aliphatic heterocycles. The average Bonchev–Trinajstić information content (AvgIpc) is 2.46. The second-order valence-corrected chi connectivity index (χ2v) is 6.91. The van der Waals surface area contributed by atoms with Crippen molar-refractivity contribution in [1.29, 1.82) is 0 Å².